The van der Waals surface area contributed by atoms with E-state index in [0.717, 1.165) is 0 Å². The van der Waals surface area contributed by atoms with Gasteiger partial charge in [0, 0.05) is 24.9 Å². The summed E-state index contributed by atoms with van der Waals surface area (Å²) < 4.78 is 10.2. The van der Waals surface area contributed by atoms with Gasteiger partial charge in [0.15, 0.2) is 5.82 Å². The number of carbonyl (C=O) groups excluding carboxylic acids is 1. The van der Waals surface area contributed by atoms with E-state index in [1.165, 1.54) is 19.5 Å². The van der Waals surface area contributed by atoms with Crippen LogP contribution in [0, 0.1) is 12.0 Å². The highest BCUT2D eigenvalue weighted by Crippen LogP contribution is 2.19. The zero-order valence-corrected chi connectivity index (χ0v) is 11.6. The molecular formula is C15H13N3O3. The van der Waals surface area contributed by atoms with E-state index in [0.29, 0.717) is 11.3 Å². The topological polar surface area (TPSA) is 73.3 Å². The number of aromatic nitrogens is 2. The van der Waals surface area contributed by atoms with Crippen molar-refractivity contribution in [1.29, 1.82) is 0 Å². The molecule has 21 heavy (non-hydrogen) atoms. The van der Waals surface area contributed by atoms with Gasteiger partial charge in [-0.15, -0.1) is 0 Å². The maximum atomic E-state index is 12.2. The van der Waals surface area contributed by atoms with Gasteiger partial charge < -0.3 is 14.8 Å². The van der Waals surface area contributed by atoms with Crippen LogP contribution in [0.25, 0.3) is 0 Å². The average Bonchev–Trinajstić information content (AvgIpc) is 2.54. The number of nitrogens with zero attached hydrogens (tertiary/aromatic N) is 2. The number of rotatable bonds is 4. The Morgan fingerprint density at radius 3 is 2.86 bits per heavy atom. The van der Waals surface area contributed by atoms with Crippen LogP contribution in [0.2, 0.25) is 0 Å². The summed E-state index contributed by atoms with van der Waals surface area (Å²) in [6.45, 7) is 1.63. The molecule has 0 radical (unpaired) electrons. The van der Waals surface area contributed by atoms with Crippen molar-refractivity contribution in [3.05, 3.63) is 42.2 Å². The molecule has 0 spiro atoms. The first-order chi connectivity index (χ1) is 10.2. The van der Waals surface area contributed by atoms with Crippen molar-refractivity contribution in [2.24, 2.45) is 0 Å². The number of nitrogens with one attached hydrogen (secondary N) is 1. The molecule has 6 heteroatoms. The van der Waals surface area contributed by atoms with Gasteiger partial charge in [0.25, 0.3) is 11.8 Å². The van der Waals surface area contributed by atoms with E-state index >= 15 is 0 Å². The van der Waals surface area contributed by atoms with E-state index in [4.69, 9.17) is 9.47 Å². The molecule has 0 saturated heterocycles. The number of amides is 1. The van der Waals surface area contributed by atoms with Gasteiger partial charge in [0.1, 0.15) is 11.9 Å². The Hall–Kier alpha value is -3.07. The molecule has 2 aromatic rings. The molecular weight excluding hydrogens is 270 g/mol. The van der Waals surface area contributed by atoms with Crippen molar-refractivity contribution in [2.45, 2.75) is 6.92 Å². The zero-order chi connectivity index (χ0) is 15.1. The largest absolute Gasteiger partial charge is 0.497 e. The summed E-state index contributed by atoms with van der Waals surface area (Å²) in [6, 6.07) is 6.77. The Kier molecular flexibility index (Phi) is 4.72. The molecule has 0 aliphatic heterocycles. The van der Waals surface area contributed by atoms with Crippen LogP contribution in [0.4, 0.5) is 5.82 Å². The molecule has 1 amide bonds. The lowest BCUT2D eigenvalue weighted by Crippen LogP contribution is -2.14. The van der Waals surface area contributed by atoms with E-state index < -0.39 is 0 Å². The Labute approximate surface area is 122 Å². The van der Waals surface area contributed by atoms with Crippen molar-refractivity contribution in [3.8, 4) is 23.7 Å². The SMILES string of the molecule is CC#COc1nccnc1NC(=O)c1cccc(OC)c1. The molecule has 0 aliphatic carbocycles. The van der Waals surface area contributed by atoms with Gasteiger partial charge in [-0.05, 0) is 18.2 Å². The van der Waals surface area contributed by atoms with Crippen LogP contribution in [0.5, 0.6) is 11.6 Å². The van der Waals surface area contributed by atoms with Crippen molar-refractivity contribution < 1.29 is 14.3 Å². The molecule has 106 valence electrons. The fourth-order valence-corrected chi connectivity index (χ4v) is 1.53. The fraction of sp³-hybridized carbons (Fsp3) is 0.133. The van der Waals surface area contributed by atoms with Crippen LogP contribution in [-0.4, -0.2) is 23.0 Å². The first-order valence-electron chi connectivity index (χ1n) is 6.09. The Bertz CT molecular complexity index is 705. The van der Waals surface area contributed by atoms with Crippen molar-refractivity contribution in [1.82, 2.24) is 9.97 Å². The summed E-state index contributed by atoms with van der Waals surface area (Å²) in [5.74, 6) is 3.17. The third-order valence-electron chi connectivity index (χ3n) is 2.48. The Balaban J connectivity index is 2.20. The number of ether oxygens (including phenoxy) is 2. The molecule has 2 rings (SSSR count). The van der Waals surface area contributed by atoms with E-state index in [9.17, 15) is 4.79 Å². The molecule has 0 bridgehead atoms. The van der Waals surface area contributed by atoms with Crippen LogP contribution >= 0.6 is 0 Å². The standard InChI is InChI=1S/C15H13N3O3/c1-3-9-21-15-13(16-7-8-17-15)18-14(19)11-5-4-6-12(10-11)20-2/h4-8,10H,1-2H3,(H,16,18,19). The van der Waals surface area contributed by atoms with Crippen LogP contribution in [0.15, 0.2) is 36.7 Å². The van der Waals surface area contributed by atoms with E-state index in [1.807, 2.05) is 0 Å². The Morgan fingerprint density at radius 2 is 2.10 bits per heavy atom. The van der Waals surface area contributed by atoms with Crippen molar-refractivity contribution >= 4 is 11.7 Å². The number of hydrogen-bond acceptors (Lipinski definition) is 5. The summed E-state index contributed by atoms with van der Waals surface area (Å²) in [7, 11) is 1.54. The van der Waals surface area contributed by atoms with Crippen LogP contribution < -0.4 is 14.8 Å². The number of methoxy groups -OCH3 is 1. The molecule has 1 aromatic carbocycles. The second kappa shape index (κ2) is 6.91. The van der Waals surface area contributed by atoms with E-state index in [-0.39, 0.29) is 17.6 Å². The molecule has 1 heterocycles. The maximum Gasteiger partial charge on any atom is 0.273 e. The summed E-state index contributed by atoms with van der Waals surface area (Å²) in [5.41, 5.74) is 0.438. The highest BCUT2D eigenvalue weighted by Gasteiger charge is 2.12. The third kappa shape index (κ3) is 3.70. The van der Waals surface area contributed by atoms with Crippen LogP contribution in [0.3, 0.4) is 0 Å². The number of hydrogen-bond donors (Lipinski definition) is 1. The zero-order valence-electron chi connectivity index (χ0n) is 11.6. The van der Waals surface area contributed by atoms with Crippen molar-refractivity contribution in [2.75, 3.05) is 12.4 Å². The molecule has 1 aromatic heterocycles. The predicted octanol–water partition coefficient (Wildman–Crippen LogP) is 2.10. The van der Waals surface area contributed by atoms with Gasteiger partial charge in [-0.1, -0.05) is 12.0 Å². The van der Waals surface area contributed by atoms with Gasteiger partial charge >= 0.3 is 0 Å². The normalized spacial score (nSPS) is 9.24. The van der Waals surface area contributed by atoms with Gasteiger partial charge in [-0.25, -0.2) is 9.97 Å². The smallest absolute Gasteiger partial charge is 0.273 e. The van der Waals surface area contributed by atoms with E-state index in [1.54, 1.807) is 31.2 Å². The highest BCUT2D eigenvalue weighted by atomic mass is 16.5. The maximum absolute atomic E-state index is 12.2. The van der Waals surface area contributed by atoms with Crippen LogP contribution in [-0.2, 0) is 0 Å². The molecule has 0 fully saturated rings. The summed E-state index contributed by atoms with van der Waals surface area (Å²) in [6.07, 6.45) is 5.32. The quantitative estimate of drug-likeness (QED) is 0.870. The minimum Gasteiger partial charge on any atom is -0.497 e. The fourth-order valence-electron chi connectivity index (χ4n) is 1.53. The second-order valence-electron chi connectivity index (χ2n) is 3.85. The minimum absolute atomic E-state index is 0.142. The average molecular weight is 283 g/mol. The van der Waals surface area contributed by atoms with E-state index in [2.05, 4.69) is 27.3 Å². The predicted molar refractivity (Wildman–Crippen MR) is 77.1 cm³/mol. The monoisotopic (exact) mass is 283 g/mol. The lowest BCUT2D eigenvalue weighted by atomic mass is 10.2. The number of benzene rings is 1. The molecule has 6 nitrogen and oxygen atoms in total. The summed E-state index contributed by atoms with van der Waals surface area (Å²) >= 11 is 0. The first-order valence-corrected chi connectivity index (χ1v) is 6.09. The lowest BCUT2D eigenvalue weighted by molar-refractivity contribution is 0.102. The molecule has 0 saturated carbocycles. The van der Waals surface area contributed by atoms with Gasteiger partial charge in [0.2, 0.25) is 0 Å². The number of anilines is 1. The number of carbonyl (C=O) groups is 1. The van der Waals surface area contributed by atoms with Crippen molar-refractivity contribution in [3.63, 3.8) is 0 Å². The Morgan fingerprint density at radius 1 is 1.29 bits per heavy atom. The van der Waals surface area contributed by atoms with Gasteiger partial charge in [0.05, 0.1) is 7.11 Å². The molecule has 0 aliphatic rings. The van der Waals surface area contributed by atoms with Gasteiger partial charge in [-0.2, -0.15) is 0 Å². The summed E-state index contributed by atoms with van der Waals surface area (Å²) in [5, 5.41) is 2.63. The third-order valence-corrected chi connectivity index (χ3v) is 2.48. The minimum atomic E-state index is -0.344. The lowest BCUT2D eigenvalue weighted by Gasteiger charge is -2.07. The van der Waals surface area contributed by atoms with Crippen LogP contribution in [0.1, 0.15) is 17.3 Å². The summed E-state index contributed by atoms with van der Waals surface area (Å²) in [4.78, 5) is 20.2. The molecule has 1 N–H and O–H groups in total. The molecule has 0 atom stereocenters. The molecule has 0 unspecified atom stereocenters. The first kappa shape index (κ1) is 14.3. The highest BCUT2D eigenvalue weighted by molar-refractivity contribution is 6.04. The second-order valence-corrected chi connectivity index (χ2v) is 3.85. The van der Waals surface area contributed by atoms with Gasteiger partial charge in [-0.3, -0.25) is 4.79 Å².